The molecule has 250 valence electrons. The summed E-state index contributed by atoms with van der Waals surface area (Å²) in [6.45, 7) is 6.31. The molecule has 3 aromatic rings. The minimum absolute atomic E-state index is 0.131. The van der Waals surface area contributed by atoms with E-state index in [9.17, 15) is 23.1 Å². The fourth-order valence-corrected chi connectivity index (χ4v) is 6.37. The second-order valence-electron chi connectivity index (χ2n) is 12.0. The summed E-state index contributed by atoms with van der Waals surface area (Å²) in [6, 6.07) is 13.1. The number of amides is 2. The highest BCUT2D eigenvalue weighted by Crippen LogP contribution is 2.29. The number of nitrogens with one attached hydrogen (secondary N) is 1. The number of rotatable bonds is 8. The molecule has 2 N–H and O–H groups in total. The van der Waals surface area contributed by atoms with Crippen LogP contribution >= 0.6 is 0 Å². The molecule has 0 unspecified atom stereocenters. The van der Waals surface area contributed by atoms with Crippen molar-refractivity contribution in [2.24, 2.45) is 13.0 Å². The number of aliphatic hydroxyl groups is 1. The van der Waals surface area contributed by atoms with Crippen LogP contribution < -0.4 is 9.46 Å². The fourth-order valence-electron chi connectivity index (χ4n) is 5.34. The molecular weight excluding hydrogens is 610 g/mol. The molecular formula is C33H45N5O7S. The fraction of sp³-hybridized carbons (Fsp3) is 0.485. The van der Waals surface area contributed by atoms with Crippen LogP contribution in [0.15, 0.2) is 66.1 Å². The van der Waals surface area contributed by atoms with E-state index in [1.807, 2.05) is 32.0 Å². The van der Waals surface area contributed by atoms with Gasteiger partial charge in [-0.1, -0.05) is 25.1 Å². The van der Waals surface area contributed by atoms with Gasteiger partial charge < -0.3 is 28.9 Å². The molecule has 0 radical (unpaired) electrons. The van der Waals surface area contributed by atoms with Gasteiger partial charge in [0.05, 0.1) is 36.7 Å². The summed E-state index contributed by atoms with van der Waals surface area (Å²) in [5.41, 5.74) is 0.901. The van der Waals surface area contributed by atoms with E-state index < -0.39 is 28.1 Å². The van der Waals surface area contributed by atoms with Gasteiger partial charge in [-0.25, -0.2) is 4.98 Å². The molecule has 1 aromatic heterocycles. The number of aromatic nitrogens is 2. The predicted octanol–water partition coefficient (Wildman–Crippen LogP) is 3.79. The average molecular weight is 656 g/mol. The number of ether oxygens (including phenoxy) is 2. The highest BCUT2D eigenvalue weighted by Gasteiger charge is 2.31. The number of anilines is 1. The highest BCUT2D eigenvalue weighted by atomic mass is 32.2. The third-order valence-electron chi connectivity index (χ3n) is 8.08. The number of benzene rings is 2. The first-order chi connectivity index (χ1) is 21.9. The summed E-state index contributed by atoms with van der Waals surface area (Å²) >= 11 is 0. The number of imidazole rings is 1. The molecule has 0 fully saturated rings. The van der Waals surface area contributed by atoms with Crippen molar-refractivity contribution in [3.8, 4) is 5.75 Å². The zero-order valence-electron chi connectivity index (χ0n) is 27.1. The number of nitrogens with zero attached hydrogens (tertiary/aromatic N) is 4. The second-order valence-corrected chi connectivity index (χ2v) is 13.7. The van der Waals surface area contributed by atoms with Crippen molar-refractivity contribution >= 4 is 27.5 Å². The van der Waals surface area contributed by atoms with E-state index in [1.54, 1.807) is 55.1 Å². The molecule has 0 bridgehead atoms. The predicted molar refractivity (Wildman–Crippen MR) is 174 cm³/mol. The Kier molecular flexibility index (Phi) is 11.8. The molecule has 0 aliphatic carbocycles. The maximum atomic E-state index is 14.3. The average Bonchev–Trinajstić information content (AvgIpc) is 3.49. The lowest BCUT2D eigenvalue weighted by atomic mass is 10.0. The summed E-state index contributed by atoms with van der Waals surface area (Å²) in [5.74, 6) is -0.479. The van der Waals surface area contributed by atoms with Gasteiger partial charge in [-0.15, -0.1) is 0 Å². The molecule has 2 heterocycles. The molecule has 2 aromatic carbocycles. The van der Waals surface area contributed by atoms with Crippen LogP contribution in [0.2, 0.25) is 0 Å². The summed E-state index contributed by atoms with van der Waals surface area (Å²) in [4.78, 5) is 34.6. The van der Waals surface area contributed by atoms with Gasteiger partial charge in [0.1, 0.15) is 5.75 Å². The number of hydrogen-bond donors (Lipinski definition) is 2. The van der Waals surface area contributed by atoms with Gasteiger partial charge in [-0.2, -0.15) is 8.42 Å². The van der Waals surface area contributed by atoms with Gasteiger partial charge in [-0.3, -0.25) is 14.3 Å². The Labute approximate surface area is 271 Å². The lowest BCUT2D eigenvalue weighted by molar-refractivity contribution is -0.0149. The Morgan fingerprint density at radius 2 is 1.91 bits per heavy atom. The molecule has 0 spiro atoms. The minimum Gasteiger partial charge on any atom is -0.490 e. The number of fused-ring (bicyclic) bond motifs is 1. The zero-order chi connectivity index (χ0) is 33.4. The number of carbonyl (C=O) groups excluding carboxylic acids is 2. The van der Waals surface area contributed by atoms with Crippen molar-refractivity contribution in [2.75, 3.05) is 38.1 Å². The zero-order valence-corrected chi connectivity index (χ0v) is 27.9. The van der Waals surface area contributed by atoms with E-state index in [-0.39, 0.29) is 47.4 Å². The standard InChI is InChI=1S/C33H45N5O7S/c1-23-18-38(24(2)21-39)33(41)28-17-27(35-46(42,43)31-20-36(4)22-34-31)14-15-29(28)45-25(3)11-9-10-16-44-30(23)19-37(5)32(40)26-12-7-6-8-13-26/h6-8,12-15,17,20,22-25,30,35,39H,9-11,16,18-19,21H2,1-5H3/t23-,24-,25-,30+/m1/s1. The summed E-state index contributed by atoms with van der Waals surface area (Å²) in [6.07, 6.45) is 4.44. The van der Waals surface area contributed by atoms with E-state index in [4.69, 9.17) is 9.47 Å². The Hall–Kier alpha value is -3.94. The van der Waals surface area contributed by atoms with E-state index in [0.717, 1.165) is 12.8 Å². The maximum absolute atomic E-state index is 14.3. The highest BCUT2D eigenvalue weighted by molar-refractivity contribution is 7.92. The molecule has 4 atom stereocenters. The molecule has 13 heteroatoms. The first kappa shape index (κ1) is 34.9. The number of sulfonamides is 1. The topological polar surface area (TPSA) is 143 Å². The van der Waals surface area contributed by atoms with Gasteiger partial charge in [0.15, 0.2) is 5.03 Å². The van der Waals surface area contributed by atoms with Crippen molar-refractivity contribution < 1.29 is 32.6 Å². The minimum atomic E-state index is -4.02. The molecule has 46 heavy (non-hydrogen) atoms. The van der Waals surface area contributed by atoms with Crippen molar-refractivity contribution in [1.82, 2.24) is 19.4 Å². The van der Waals surface area contributed by atoms with Crippen LogP contribution in [0.1, 0.15) is 60.7 Å². The maximum Gasteiger partial charge on any atom is 0.280 e. The van der Waals surface area contributed by atoms with Crippen molar-refractivity contribution in [2.45, 2.75) is 63.3 Å². The second kappa shape index (κ2) is 15.6. The smallest absolute Gasteiger partial charge is 0.280 e. The molecule has 0 saturated carbocycles. The Morgan fingerprint density at radius 1 is 1.17 bits per heavy atom. The van der Waals surface area contributed by atoms with E-state index in [2.05, 4.69) is 9.71 Å². The van der Waals surface area contributed by atoms with Crippen molar-refractivity contribution in [3.05, 3.63) is 72.2 Å². The van der Waals surface area contributed by atoms with Gasteiger partial charge in [-0.05, 0) is 63.4 Å². The molecule has 1 aliphatic rings. The van der Waals surface area contributed by atoms with Crippen molar-refractivity contribution in [3.63, 3.8) is 0 Å². The third-order valence-corrected chi connectivity index (χ3v) is 9.35. The number of aryl methyl sites for hydroxylation is 1. The monoisotopic (exact) mass is 655 g/mol. The number of aliphatic hydroxyl groups excluding tert-OH is 1. The Morgan fingerprint density at radius 3 is 2.59 bits per heavy atom. The molecule has 0 saturated heterocycles. The van der Waals surface area contributed by atoms with Gasteiger partial charge in [0.25, 0.3) is 21.8 Å². The summed E-state index contributed by atoms with van der Waals surface area (Å²) < 4.78 is 42.7. The van der Waals surface area contributed by atoms with Crippen LogP contribution in [0.3, 0.4) is 0 Å². The number of carbonyl (C=O) groups is 2. The largest absolute Gasteiger partial charge is 0.490 e. The van der Waals surface area contributed by atoms with Crippen LogP contribution in [-0.2, 0) is 21.8 Å². The lowest BCUT2D eigenvalue weighted by Crippen LogP contribution is -2.48. The Balaban J connectivity index is 1.66. The van der Waals surface area contributed by atoms with E-state index >= 15 is 0 Å². The van der Waals surface area contributed by atoms with Gasteiger partial charge >= 0.3 is 0 Å². The van der Waals surface area contributed by atoms with Crippen LogP contribution in [0.5, 0.6) is 5.75 Å². The number of hydrogen-bond acceptors (Lipinski definition) is 8. The molecule has 4 rings (SSSR count). The Bertz CT molecular complexity index is 1580. The van der Waals surface area contributed by atoms with Crippen molar-refractivity contribution in [1.29, 1.82) is 0 Å². The third kappa shape index (κ3) is 8.86. The van der Waals surface area contributed by atoms with Crippen LogP contribution in [0.4, 0.5) is 5.69 Å². The SMILES string of the molecule is C[C@@H]1CCCCO[C@@H](CN(C)C(=O)c2ccccc2)[C@H](C)CN([C@H](C)CO)C(=O)c2cc(NS(=O)(=O)c3cn(C)cn3)ccc2O1. The molecule has 12 nitrogen and oxygen atoms in total. The van der Waals surface area contributed by atoms with Crippen LogP contribution in [0, 0.1) is 5.92 Å². The van der Waals surface area contributed by atoms with Gasteiger partial charge in [0, 0.05) is 57.2 Å². The van der Waals surface area contributed by atoms with Crippen LogP contribution in [0.25, 0.3) is 0 Å². The van der Waals surface area contributed by atoms with Crippen LogP contribution in [-0.4, -0.2) is 96.3 Å². The normalized spacial score (nSPS) is 20.6. The summed E-state index contributed by atoms with van der Waals surface area (Å²) in [5, 5.41) is 10.0. The number of likely N-dealkylation sites (N-methyl/N-ethyl adjacent to an activating group) is 1. The van der Waals surface area contributed by atoms with Gasteiger partial charge in [0.2, 0.25) is 0 Å². The molecule has 2 amide bonds. The molecule has 1 aliphatic heterocycles. The first-order valence-electron chi connectivity index (χ1n) is 15.5. The quantitative estimate of drug-likeness (QED) is 0.373. The van der Waals surface area contributed by atoms with E-state index in [1.165, 1.54) is 23.2 Å². The summed E-state index contributed by atoms with van der Waals surface area (Å²) in [7, 11) is -0.618. The lowest BCUT2D eigenvalue weighted by Gasteiger charge is -2.36. The first-order valence-corrected chi connectivity index (χ1v) is 17.0. The van der Waals surface area contributed by atoms with E-state index in [0.29, 0.717) is 30.9 Å².